The van der Waals surface area contributed by atoms with Gasteiger partial charge in [0.25, 0.3) is 0 Å². The van der Waals surface area contributed by atoms with Crippen molar-refractivity contribution in [3.8, 4) is 0 Å². The Kier molecular flexibility index (Phi) is 8.17. The topological polar surface area (TPSA) is 110 Å². The van der Waals surface area contributed by atoms with Crippen molar-refractivity contribution in [1.82, 2.24) is 0 Å². The number of carbonyl (C=O) groups excluding carboxylic acids is 3. The molecular formula is C32H44O7. The van der Waals surface area contributed by atoms with E-state index >= 15 is 0 Å². The van der Waals surface area contributed by atoms with Crippen LogP contribution in [0.5, 0.6) is 0 Å². The number of aliphatic hydroxyl groups is 2. The van der Waals surface area contributed by atoms with Gasteiger partial charge in [-0.2, -0.15) is 0 Å². The number of esters is 2. The summed E-state index contributed by atoms with van der Waals surface area (Å²) in [5, 5.41) is 24.3. The molecule has 7 heteroatoms. The molecule has 2 fully saturated rings. The Morgan fingerprint density at radius 1 is 1.21 bits per heavy atom. The number of hydrogen-bond donors (Lipinski definition) is 2. The maximum absolute atomic E-state index is 14.5. The number of Topliss-reactive ketones (excluding diaryl/α,β-unsaturated/α-hetero) is 1. The number of ketones is 1. The molecule has 1 spiro atoms. The zero-order valence-electron chi connectivity index (χ0n) is 24.1. The van der Waals surface area contributed by atoms with E-state index in [2.05, 4.69) is 20.8 Å². The highest BCUT2D eigenvalue weighted by Gasteiger charge is 2.76. The molecule has 8 atom stereocenters. The van der Waals surface area contributed by atoms with E-state index in [1.54, 1.807) is 31.2 Å². The molecule has 214 valence electrons. The molecule has 4 rings (SSSR count). The smallest absolute Gasteiger partial charge is 0.331 e. The van der Waals surface area contributed by atoms with Crippen LogP contribution in [-0.2, 0) is 23.9 Å². The highest BCUT2D eigenvalue weighted by Crippen LogP contribution is 2.71. The van der Waals surface area contributed by atoms with Crippen molar-refractivity contribution in [1.29, 1.82) is 0 Å². The Balaban J connectivity index is 1.69. The van der Waals surface area contributed by atoms with E-state index in [-0.39, 0.29) is 41.1 Å². The Morgan fingerprint density at radius 2 is 1.92 bits per heavy atom. The summed E-state index contributed by atoms with van der Waals surface area (Å²) in [5.41, 5.74) is -2.87. The normalized spacial score (nSPS) is 38.4. The average Bonchev–Trinajstić information content (AvgIpc) is 3.36. The molecule has 0 radical (unpaired) electrons. The summed E-state index contributed by atoms with van der Waals surface area (Å²) < 4.78 is 11.1. The lowest BCUT2D eigenvalue weighted by atomic mass is 9.59. The maximum Gasteiger partial charge on any atom is 0.331 e. The van der Waals surface area contributed by atoms with E-state index in [1.165, 1.54) is 13.0 Å². The number of rotatable bonds is 9. The van der Waals surface area contributed by atoms with Gasteiger partial charge in [0, 0.05) is 18.9 Å². The summed E-state index contributed by atoms with van der Waals surface area (Å²) in [6.45, 7) is 11.1. The first-order chi connectivity index (χ1) is 18.3. The SMILES string of the molecule is CCCCC/C=C/C=C/C(=O)O[C@H]1C(C)=C[C@]23C(=O)[C@H](C=C(COC(C)=O)[C@@H](O)[C@]12O)[C@H]1[C@@H](C[C@H]3C)C1(C)C. The Hall–Kier alpha value is -2.51. The fourth-order valence-corrected chi connectivity index (χ4v) is 7.74. The summed E-state index contributed by atoms with van der Waals surface area (Å²) in [4.78, 5) is 39.1. The molecule has 39 heavy (non-hydrogen) atoms. The minimum Gasteiger partial charge on any atom is -0.461 e. The number of ether oxygens (including phenoxy) is 2. The molecule has 2 saturated carbocycles. The van der Waals surface area contributed by atoms with Crippen LogP contribution in [0.25, 0.3) is 0 Å². The third-order valence-electron chi connectivity index (χ3n) is 9.84. The predicted octanol–water partition coefficient (Wildman–Crippen LogP) is 4.63. The second-order valence-corrected chi connectivity index (χ2v) is 12.6. The van der Waals surface area contributed by atoms with Crippen LogP contribution in [0.4, 0.5) is 0 Å². The van der Waals surface area contributed by atoms with Gasteiger partial charge in [-0.1, -0.05) is 70.9 Å². The van der Waals surface area contributed by atoms with E-state index in [0.29, 0.717) is 12.0 Å². The van der Waals surface area contributed by atoms with Gasteiger partial charge >= 0.3 is 11.9 Å². The first-order valence-electron chi connectivity index (χ1n) is 14.4. The second-order valence-electron chi connectivity index (χ2n) is 12.6. The molecule has 0 unspecified atom stereocenters. The van der Waals surface area contributed by atoms with Crippen molar-refractivity contribution in [2.75, 3.05) is 6.61 Å². The van der Waals surface area contributed by atoms with Gasteiger partial charge in [0.05, 0.1) is 5.41 Å². The van der Waals surface area contributed by atoms with Crippen LogP contribution in [0.15, 0.2) is 47.6 Å². The van der Waals surface area contributed by atoms with Crippen LogP contribution in [0, 0.1) is 34.5 Å². The van der Waals surface area contributed by atoms with Gasteiger partial charge in [0.1, 0.15) is 12.7 Å². The molecule has 0 aliphatic heterocycles. The molecule has 4 aliphatic rings. The summed E-state index contributed by atoms with van der Waals surface area (Å²) in [6.07, 6.45) is 12.3. The molecule has 0 aromatic heterocycles. The number of carbonyl (C=O) groups is 3. The molecule has 0 aromatic rings. The molecule has 4 aliphatic carbocycles. The van der Waals surface area contributed by atoms with Crippen LogP contribution >= 0.6 is 0 Å². The molecule has 0 heterocycles. The van der Waals surface area contributed by atoms with Crippen molar-refractivity contribution in [2.24, 2.45) is 34.5 Å². The lowest BCUT2D eigenvalue weighted by Gasteiger charge is -2.48. The van der Waals surface area contributed by atoms with Gasteiger partial charge in [0.15, 0.2) is 17.5 Å². The first kappa shape index (κ1) is 29.5. The average molecular weight is 541 g/mol. The standard InChI is InChI=1S/C32H44O7/c1-7-8-9-10-11-12-13-14-25(34)39-29-19(2)17-31-20(3)15-24-26(30(24,5)6)23(28(31)36)16-22(18-38-21(4)33)27(35)32(29,31)37/h11-14,16-17,20,23-24,26-27,29,35,37H,7-10,15,18H2,1-6H3/b12-11+,14-13+/t20-,23-,24-,26+,27-,29+,31+,32+/m1/s1. The van der Waals surface area contributed by atoms with Gasteiger partial charge in [0.2, 0.25) is 0 Å². The predicted molar refractivity (Wildman–Crippen MR) is 147 cm³/mol. The third-order valence-corrected chi connectivity index (χ3v) is 9.84. The van der Waals surface area contributed by atoms with E-state index in [4.69, 9.17) is 9.47 Å². The molecular weight excluding hydrogens is 496 g/mol. The molecule has 0 amide bonds. The van der Waals surface area contributed by atoms with Crippen molar-refractivity contribution >= 4 is 17.7 Å². The third kappa shape index (κ3) is 4.76. The fraction of sp³-hybridized carbons (Fsp3) is 0.656. The van der Waals surface area contributed by atoms with Crippen molar-refractivity contribution in [2.45, 2.75) is 91.5 Å². The zero-order valence-corrected chi connectivity index (χ0v) is 24.1. The summed E-state index contributed by atoms with van der Waals surface area (Å²) in [6, 6.07) is 0. The van der Waals surface area contributed by atoms with Crippen molar-refractivity contribution < 1.29 is 34.1 Å². The van der Waals surface area contributed by atoms with Crippen molar-refractivity contribution in [3.63, 3.8) is 0 Å². The lowest BCUT2D eigenvalue weighted by molar-refractivity contribution is -0.201. The molecule has 0 aromatic carbocycles. The minimum absolute atomic E-state index is 0.0519. The number of fused-ring (bicyclic) bond motifs is 3. The largest absolute Gasteiger partial charge is 0.461 e. The molecule has 2 N–H and O–H groups in total. The van der Waals surface area contributed by atoms with Crippen LogP contribution in [0.2, 0.25) is 0 Å². The van der Waals surface area contributed by atoms with E-state index in [1.807, 2.05) is 13.0 Å². The molecule has 0 saturated heterocycles. The summed E-state index contributed by atoms with van der Waals surface area (Å²) in [5.74, 6) is -1.92. The molecule has 7 nitrogen and oxygen atoms in total. The second kappa shape index (κ2) is 10.8. The van der Waals surface area contributed by atoms with Gasteiger partial charge < -0.3 is 19.7 Å². The highest BCUT2D eigenvalue weighted by molar-refractivity contribution is 5.95. The minimum atomic E-state index is -2.14. The highest BCUT2D eigenvalue weighted by atomic mass is 16.6. The van der Waals surface area contributed by atoms with E-state index < -0.39 is 41.1 Å². The van der Waals surface area contributed by atoms with Gasteiger partial charge in [-0.3, -0.25) is 9.59 Å². The first-order valence-corrected chi connectivity index (χ1v) is 14.4. The lowest BCUT2D eigenvalue weighted by Crippen LogP contribution is -2.65. The number of hydrogen-bond acceptors (Lipinski definition) is 7. The number of unbranched alkanes of at least 4 members (excludes halogenated alkanes) is 3. The van der Waals surface area contributed by atoms with Crippen LogP contribution in [-0.4, -0.2) is 52.4 Å². The zero-order chi connectivity index (χ0) is 28.8. The van der Waals surface area contributed by atoms with Crippen LogP contribution in [0.3, 0.4) is 0 Å². The van der Waals surface area contributed by atoms with Crippen LogP contribution < -0.4 is 0 Å². The Labute approximate surface area is 232 Å². The Bertz CT molecular complexity index is 1130. The summed E-state index contributed by atoms with van der Waals surface area (Å²) >= 11 is 0. The maximum atomic E-state index is 14.5. The monoisotopic (exact) mass is 540 g/mol. The quantitative estimate of drug-likeness (QED) is 0.144. The number of allylic oxidation sites excluding steroid dienone is 4. The van der Waals surface area contributed by atoms with E-state index in [9.17, 15) is 24.6 Å². The fourth-order valence-electron chi connectivity index (χ4n) is 7.74. The van der Waals surface area contributed by atoms with E-state index in [0.717, 1.165) is 25.7 Å². The summed E-state index contributed by atoms with van der Waals surface area (Å²) in [7, 11) is 0. The number of aliphatic hydroxyl groups excluding tert-OH is 1. The Morgan fingerprint density at radius 3 is 2.59 bits per heavy atom. The van der Waals surface area contributed by atoms with Gasteiger partial charge in [-0.15, -0.1) is 0 Å². The van der Waals surface area contributed by atoms with Gasteiger partial charge in [-0.05, 0) is 60.5 Å². The van der Waals surface area contributed by atoms with Crippen LogP contribution in [0.1, 0.15) is 73.6 Å². The molecule has 2 bridgehead atoms. The van der Waals surface area contributed by atoms with Crippen molar-refractivity contribution in [3.05, 3.63) is 47.6 Å². The van der Waals surface area contributed by atoms with Gasteiger partial charge in [-0.25, -0.2) is 4.79 Å².